The van der Waals surface area contributed by atoms with Crippen molar-refractivity contribution in [1.82, 2.24) is 4.57 Å². The van der Waals surface area contributed by atoms with Crippen molar-refractivity contribution in [2.75, 3.05) is 0 Å². The summed E-state index contributed by atoms with van der Waals surface area (Å²) >= 11 is 6.37. The number of carboxylic acids is 1. The highest BCUT2D eigenvalue weighted by Crippen LogP contribution is 2.37. The highest BCUT2D eigenvalue weighted by Gasteiger charge is 2.25. The quantitative estimate of drug-likeness (QED) is 0.843. The van der Waals surface area contributed by atoms with E-state index in [4.69, 9.17) is 17.3 Å². The van der Waals surface area contributed by atoms with Gasteiger partial charge in [0.05, 0.1) is 11.1 Å². The molecule has 0 fully saturated rings. The molecular weight excluding hydrogens is 320 g/mol. The van der Waals surface area contributed by atoms with Crippen molar-refractivity contribution in [2.45, 2.75) is 13.0 Å². The molecule has 1 aromatic carbocycles. The highest BCUT2D eigenvalue weighted by atomic mass is 32.1. The molecule has 2 N–H and O–H groups in total. The van der Waals surface area contributed by atoms with Crippen LogP contribution in [0.1, 0.15) is 17.8 Å². The van der Waals surface area contributed by atoms with Crippen LogP contribution < -0.4 is 10.6 Å². The molecule has 2 aromatic rings. The zero-order chi connectivity index (χ0) is 16.0. The largest absolute Gasteiger partial charge is 0.493 e. The molecule has 1 unspecified atom stereocenters. The smallest absolute Gasteiger partial charge is 0.326 e. The molecule has 1 atom stereocenters. The number of benzene rings is 1. The van der Waals surface area contributed by atoms with Gasteiger partial charge in [-0.3, -0.25) is 4.57 Å². The van der Waals surface area contributed by atoms with E-state index in [1.807, 2.05) is 24.3 Å². The molecule has 0 aliphatic carbocycles. The molecule has 0 bridgehead atoms. The van der Waals surface area contributed by atoms with Crippen LogP contribution in [0.2, 0.25) is 0 Å². The number of thiazole rings is 1. The van der Waals surface area contributed by atoms with Crippen LogP contribution >= 0.6 is 23.6 Å². The Morgan fingerprint density at radius 3 is 2.82 bits per heavy atom. The monoisotopic (exact) mass is 332 g/mol. The lowest BCUT2D eigenvalue weighted by Crippen LogP contribution is -2.22. The number of fused-ring (bicyclic) bond motifs is 1. The van der Waals surface area contributed by atoms with Gasteiger partial charge in [0.25, 0.3) is 0 Å². The van der Waals surface area contributed by atoms with E-state index in [0.717, 1.165) is 21.9 Å². The van der Waals surface area contributed by atoms with Crippen LogP contribution in [0.15, 0.2) is 41.5 Å². The van der Waals surface area contributed by atoms with Crippen molar-refractivity contribution in [3.8, 4) is 5.88 Å². The summed E-state index contributed by atoms with van der Waals surface area (Å²) in [5.74, 6) is -1.22. The first-order chi connectivity index (χ1) is 10.4. The molecule has 1 aromatic heterocycles. The maximum atomic E-state index is 11.2. The minimum atomic E-state index is -1.06. The molecule has 22 heavy (non-hydrogen) atoms. The Kier molecular flexibility index (Phi) is 3.46. The van der Waals surface area contributed by atoms with Crippen molar-refractivity contribution in [1.29, 1.82) is 0 Å². The van der Waals surface area contributed by atoms with Crippen molar-refractivity contribution in [2.24, 2.45) is 4.99 Å². The van der Waals surface area contributed by atoms with E-state index in [2.05, 4.69) is 11.6 Å². The van der Waals surface area contributed by atoms with Crippen LogP contribution in [0.25, 0.3) is 5.57 Å². The summed E-state index contributed by atoms with van der Waals surface area (Å²) in [7, 11) is 0. The molecule has 112 valence electrons. The first-order valence-electron chi connectivity index (χ1n) is 6.46. The van der Waals surface area contributed by atoms with Crippen LogP contribution in [-0.2, 0) is 4.79 Å². The molecule has 5 nitrogen and oxygen atoms in total. The topological polar surface area (TPSA) is 74.8 Å². The van der Waals surface area contributed by atoms with E-state index in [1.54, 1.807) is 0 Å². The number of aliphatic carboxylic acids is 1. The summed E-state index contributed by atoms with van der Waals surface area (Å²) in [5.41, 5.74) is 1.23. The summed E-state index contributed by atoms with van der Waals surface area (Å²) in [6, 6.07) is 6.55. The number of hydrogen-bond donors (Lipinski definition) is 2. The predicted octanol–water partition coefficient (Wildman–Crippen LogP) is 1.98. The second-order valence-corrected chi connectivity index (χ2v) is 6.50. The molecule has 2 heterocycles. The Morgan fingerprint density at radius 1 is 1.45 bits per heavy atom. The van der Waals surface area contributed by atoms with E-state index in [-0.39, 0.29) is 5.88 Å². The van der Waals surface area contributed by atoms with Gasteiger partial charge in [-0.25, -0.2) is 9.79 Å². The van der Waals surface area contributed by atoms with Crippen molar-refractivity contribution < 1.29 is 15.0 Å². The number of rotatable bonds is 3. The van der Waals surface area contributed by atoms with E-state index < -0.39 is 12.0 Å². The third-order valence-corrected chi connectivity index (χ3v) is 4.92. The molecular formula is C15H12N2O3S2. The zero-order valence-corrected chi connectivity index (χ0v) is 13.2. The second-order valence-electron chi connectivity index (χ2n) is 4.86. The first kappa shape index (κ1) is 14.7. The molecule has 1 aliphatic heterocycles. The Labute approximate surface area is 134 Å². The fourth-order valence-corrected chi connectivity index (χ4v) is 3.92. The highest BCUT2D eigenvalue weighted by molar-refractivity contribution is 7.73. The van der Waals surface area contributed by atoms with E-state index in [1.165, 1.54) is 11.5 Å². The van der Waals surface area contributed by atoms with Crippen LogP contribution in [0.5, 0.6) is 5.88 Å². The van der Waals surface area contributed by atoms with Crippen molar-refractivity contribution in [3.63, 3.8) is 0 Å². The van der Waals surface area contributed by atoms with Crippen LogP contribution in [0, 0.1) is 3.95 Å². The molecule has 1 aliphatic rings. The summed E-state index contributed by atoms with van der Waals surface area (Å²) in [6.45, 7) is 5.39. The van der Waals surface area contributed by atoms with Gasteiger partial charge in [-0.05, 0) is 25.2 Å². The van der Waals surface area contributed by atoms with Gasteiger partial charge < -0.3 is 10.2 Å². The maximum Gasteiger partial charge on any atom is 0.326 e. The number of aromatic hydroxyl groups is 1. The first-order valence-corrected chi connectivity index (χ1v) is 7.69. The minimum absolute atomic E-state index is 0.159. The van der Waals surface area contributed by atoms with Crippen LogP contribution in [0.3, 0.4) is 0 Å². The summed E-state index contributed by atoms with van der Waals surface area (Å²) in [5, 5.41) is 21.3. The molecule has 7 heteroatoms. The number of carboxylic acid groups (broad SMARTS) is 1. The average molecular weight is 332 g/mol. The zero-order valence-electron chi connectivity index (χ0n) is 11.6. The Balaban J connectivity index is 2.31. The van der Waals surface area contributed by atoms with Gasteiger partial charge in [-0.2, -0.15) is 0 Å². The van der Waals surface area contributed by atoms with Gasteiger partial charge in [0, 0.05) is 10.8 Å². The van der Waals surface area contributed by atoms with E-state index in [0.29, 0.717) is 20.1 Å². The Bertz CT molecular complexity index is 985. The molecule has 0 radical (unpaired) electrons. The Hall–Kier alpha value is -2.25. The van der Waals surface area contributed by atoms with E-state index in [9.17, 15) is 9.90 Å². The second kappa shape index (κ2) is 5.19. The van der Waals surface area contributed by atoms with Gasteiger partial charge in [0.15, 0.2) is 3.95 Å². The van der Waals surface area contributed by atoms with Gasteiger partial charge in [0.1, 0.15) is 10.9 Å². The van der Waals surface area contributed by atoms with E-state index >= 15 is 0 Å². The van der Waals surface area contributed by atoms with Crippen molar-refractivity contribution in [3.05, 3.63) is 55.9 Å². The maximum absolute atomic E-state index is 11.2. The molecule has 0 saturated carbocycles. The Morgan fingerprint density at radius 2 is 2.14 bits per heavy atom. The number of para-hydroxylation sites is 1. The summed E-state index contributed by atoms with van der Waals surface area (Å²) < 4.78 is 1.53. The third kappa shape index (κ3) is 2.10. The number of nitrogens with zero attached hydrogens (tertiary/aromatic N) is 2. The average Bonchev–Trinajstić information content (AvgIpc) is 2.94. The third-order valence-electron chi connectivity index (χ3n) is 3.51. The van der Waals surface area contributed by atoms with Gasteiger partial charge in [-0.15, -0.1) is 11.3 Å². The number of aromatic nitrogens is 1. The molecule has 0 amide bonds. The lowest BCUT2D eigenvalue weighted by molar-refractivity contribution is -0.140. The lowest BCUT2D eigenvalue weighted by atomic mass is 10.1. The molecule has 0 saturated heterocycles. The normalized spacial score (nSPS) is 14.6. The minimum Gasteiger partial charge on any atom is -0.493 e. The fourth-order valence-electron chi connectivity index (χ4n) is 2.39. The number of allylic oxidation sites excluding steroid dienone is 1. The van der Waals surface area contributed by atoms with Crippen molar-refractivity contribution >= 4 is 35.1 Å². The van der Waals surface area contributed by atoms with Gasteiger partial charge in [0.2, 0.25) is 5.88 Å². The lowest BCUT2D eigenvalue weighted by Gasteiger charge is -2.10. The summed E-state index contributed by atoms with van der Waals surface area (Å²) in [4.78, 5) is 16.1. The van der Waals surface area contributed by atoms with Crippen LogP contribution in [-0.4, -0.2) is 20.7 Å². The number of hydrogen-bond acceptors (Lipinski definition) is 5. The summed E-state index contributed by atoms with van der Waals surface area (Å²) in [6.07, 6.45) is 0. The fraction of sp³-hybridized carbons (Fsp3) is 0.133. The van der Waals surface area contributed by atoms with Gasteiger partial charge >= 0.3 is 5.97 Å². The molecule has 3 rings (SSSR count). The SMILES string of the molecule is C=C1N=c2ccccc2=C1c1sc(=S)n(C(C)C(=O)O)c1O. The van der Waals surface area contributed by atoms with Crippen LogP contribution in [0.4, 0.5) is 0 Å². The molecule has 0 spiro atoms. The number of carbonyl (C=O) groups is 1. The van der Waals surface area contributed by atoms with Gasteiger partial charge in [-0.1, -0.05) is 24.8 Å². The predicted molar refractivity (Wildman–Crippen MR) is 86.0 cm³/mol. The standard InChI is InChI=1S/C15H12N2O3S2/c1-7-11(9-5-3-4-6-10(9)16-7)12-13(18)17(15(21)22-12)8(2)14(19)20/h3-6,8,18H,1H2,2H3,(H,19,20).